The van der Waals surface area contributed by atoms with Crippen LogP contribution in [-0.2, 0) is 19.1 Å². The van der Waals surface area contributed by atoms with Crippen molar-refractivity contribution in [2.75, 3.05) is 0 Å². The Morgan fingerprint density at radius 1 is 1.36 bits per heavy atom. The number of hydrogen-bond donors (Lipinski definition) is 3. The molecule has 136 valence electrons. The normalized spacial score (nSPS) is 10.9. The van der Waals surface area contributed by atoms with Gasteiger partial charge in [-0.3, -0.25) is 14.2 Å². The highest BCUT2D eigenvalue weighted by Crippen LogP contribution is 2.17. The van der Waals surface area contributed by atoms with Gasteiger partial charge in [-0.15, -0.1) is 0 Å². The van der Waals surface area contributed by atoms with Gasteiger partial charge in [0.1, 0.15) is 11.6 Å². The lowest BCUT2D eigenvalue weighted by molar-refractivity contribution is 0.0941. The second-order valence-corrected chi connectivity index (χ2v) is 6.03. The summed E-state index contributed by atoms with van der Waals surface area (Å²) in [6, 6.07) is 5.57. The third-order valence-electron chi connectivity index (χ3n) is 3.42. The molecule has 1 aromatic heterocycles. The largest absolute Gasteiger partial charge is 0.501 e. The summed E-state index contributed by atoms with van der Waals surface area (Å²) in [5.74, 6) is -1.69. The van der Waals surface area contributed by atoms with E-state index < -0.39 is 28.4 Å². The van der Waals surface area contributed by atoms with E-state index in [-0.39, 0.29) is 23.7 Å². The molecule has 0 atom stereocenters. The van der Waals surface area contributed by atoms with Gasteiger partial charge in [-0.2, -0.15) is 0 Å². The molecule has 0 aliphatic rings. The Kier molecular flexibility index (Phi) is 6.01. The number of benzene rings is 1. The Bertz CT molecular complexity index is 826. The number of amides is 1. The van der Waals surface area contributed by atoms with E-state index in [0.717, 1.165) is 4.57 Å². The molecule has 6 N–H and O–H groups in total. The maximum Gasteiger partial charge on any atom is 0.296 e. The molecule has 0 saturated carbocycles. The Hall–Kier alpha value is -2.78. The molecule has 2 rings (SSSR count). The summed E-state index contributed by atoms with van der Waals surface area (Å²) < 4.78 is 14.0. The Morgan fingerprint density at radius 2 is 1.92 bits per heavy atom. The molecule has 0 radical (unpaired) electrons. The van der Waals surface area contributed by atoms with Gasteiger partial charge in [0.05, 0.1) is 5.54 Å². The fourth-order valence-electron chi connectivity index (χ4n) is 2.19. The van der Waals surface area contributed by atoms with Crippen LogP contribution in [0.1, 0.15) is 35.7 Å². The molecule has 1 heterocycles. The summed E-state index contributed by atoms with van der Waals surface area (Å²) in [4.78, 5) is 28.4. The van der Waals surface area contributed by atoms with E-state index >= 15 is 0 Å². The second-order valence-electron chi connectivity index (χ2n) is 6.03. The van der Waals surface area contributed by atoms with Crippen LogP contribution < -0.4 is 16.6 Å². The number of carbonyl (C=O) groups excluding carboxylic acids is 1. The molecule has 0 unspecified atom stereocenters. The number of hydrogen-bond acceptors (Lipinski definition) is 5. The number of nitrogens with one attached hydrogen (secondary N) is 1. The smallest absolute Gasteiger partial charge is 0.296 e. The summed E-state index contributed by atoms with van der Waals surface area (Å²) in [5, 5.41) is 12.5. The molecule has 25 heavy (non-hydrogen) atoms. The van der Waals surface area contributed by atoms with Gasteiger partial charge in [-0.25, -0.2) is 9.37 Å². The first kappa shape index (κ1) is 20.3. The van der Waals surface area contributed by atoms with E-state index in [1.54, 1.807) is 13.8 Å². The van der Waals surface area contributed by atoms with Crippen LogP contribution in [-0.4, -0.2) is 26.0 Å². The highest BCUT2D eigenvalue weighted by Gasteiger charge is 2.26. The van der Waals surface area contributed by atoms with Crippen molar-refractivity contribution in [3.8, 4) is 5.75 Å². The number of aromatic nitrogens is 2. The minimum atomic E-state index is -0.979. The van der Waals surface area contributed by atoms with Crippen molar-refractivity contribution in [1.29, 1.82) is 0 Å². The fourth-order valence-corrected chi connectivity index (χ4v) is 2.19. The fraction of sp³-hybridized carbons (Fsp3) is 0.312. The lowest BCUT2D eigenvalue weighted by Crippen LogP contribution is -2.39. The van der Waals surface area contributed by atoms with Gasteiger partial charge in [0.2, 0.25) is 5.75 Å². The summed E-state index contributed by atoms with van der Waals surface area (Å²) in [6.45, 7) is 3.36. The number of nitrogens with zero attached hydrogens (tertiary/aromatic N) is 2. The van der Waals surface area contributed by atoms with Crippen molar-refractivity contribution >= 4 is 5.91 Å². The first-order valence-corrected chi connectivity index (χ1v) is 7.23. The highest BCUT2D eigenvalue weighted by atomic mass is 19.1. The van der Waals surface area contributed by atoms with Crippen molar-refractivity contribution in [2.45, 2.75) is 25.9 Å². The first-order valence-electron chi connectivity index (χ1n) is 7.23. The van der Waals surface area contributed by atoms with Crippen LogP contribution in [0, 0.1) is 5.82 Å². The molecule has 0 fully saturated rings. The van der Waals surface area contributed by atoms with Crippen molar-refractivity contribution in [2.24, 2.45) is 12.8 Å². The zero-order valence-electron chi connectivity index (χ0n) is 14.1. The van der Waals surface area contributed by atoms with E-state index in [0.29, 0.717) is 5.56 Å². The first-order chi connectivity index (χ1) is 11.1. The van der Waals surface area contributed by atoms with Gasteiger partial charge in [0.25, 0.3) is 11.5 Å². The average Bonchev–Trinajstić information content (AvgIpc) is 2.51. The van der Waals surface area contributed by atoms with Gasteiger partial charge < -0.3 is 21.6 Å². The van der Waals surface area contributed by atoms with Crippen LogP contribution in [0.15, 0.2) is 29.1 Å². The van der Waals surface area contributed by atoms with Gasteiger partial charge in [0, 0.05) is 13.6 Å². The van der Waals surface area contributed by atoms with Crippen LogP contribution in [0.3, 0.4) is 0 Å². The van der Waals surface area contributed by atoms with Crippen molar-refractivity contribution < 1.29 is 19.8 Å². The molecule has 9 heteroatoms. The summed E-state index contributed by atoms with van der Waals surface area (Å²) in [6.07, 6.45) is 0. The third-order valence-corrected chi connectivity index (χ3v) is 3.42. The summed E-state index contributed by atoms with van der Waals surface area (Å²) >= 11 is 0. The SMILES string of the molecule is Cn1c(C(C)(C)N)nc(C(=O)NCc2ccc(F)cc2)c(O)c1=O.O. The molecule has 0 bridgehead atoms. The average molecular weight is 352 g/mol. The number of halogens is 1. The number of nitrogens with two attached hydrogens (primary N) is 1. The summed E-state index contributed by atoms with van der Waals surface area (Å²) in [7, 11) is 1.42. The van der Waals surface area contributed by atoms with E-state index in [2.05, 4.69) is 10.3 Å². The molecular formula is C16H21FN4O4. The van der Waals surface area contributed by atoms with E-state index in [1.807, 2.05) is 0 Å². The molecule has 1 amide bonds. The monoisotopic (exact) mass is 352 g/mol. The zero-order chi connectivity index (χ0) is 18.1. The Balaban J connectivity index is 0.00000312. The van der Waals surface area contributed by atoms with Crippen molar-refractivity contribution in [3.63, 3.8) is 0 Å². The lowest BCUT2D eigenvalue weighted by atomic mass is 10.1. The quantitative estimate of drug-likeness (QED) is 0.706. The zero-order valence-corrected chi connectivity index (χ0v) is 14.1. The minimum absolute atomic E-state index is 0. The molecule has 2 aromatic rings. The molecule has 0 aliphatic heterocycles. The van der Waals surface area contributed by atoms with E-state index in [1.165, 1.54) is 31.3 Å². The molecule has 0 aliphatic carbocycles. The van der Waals surface area contributed by atoms with Gasteiger partial charge in [-0.05, 0) is 31.5 Å². The van der Waals surface area contributed by atoms with Crippen LogP contribution in [0.2, 0.25) is 0 Å². The van der Waals surface area contributed by atoms with Gasteiger partial charge in [0.15, 0.2) is 5.69 Å². The minimum Gasteiger partial charge on any atom is -0.501 e. The number of aromatic hydroxyl groups is 1. The van der Waals surface area contributed by atoms with Gasteiger partial charge in [-0.1, -0.05) is 12.1 Å². The lowest BCUT2D eigenvalue weighted by Gasteiger charge is -2.21. The Labute approximate surface area is 143 Å². The van der Waals surface area contributed by atoms with Crippen molar-refractivity contribution in [3.05, 3.63) is 57.5 Å². The van der Waals surface area contributed by atoms with Crippen LogP contribution in [0.5, 0.6) is 5.75 Å². The molecule has 8 nitrogen and oxygen atoms in total. The van der Waals surface area contributed by atoms with Gasteiger partial charge >= 0.3 is 0 Å². The van der Waals surface area contributed by atoms with Crippen LogP contribution >= 0.6 is 0 Å². The molecule has 0 saturated heterocycles. The Morgan fingerprint density at radius 3 is 2.44 bits per heavy atom. The molecule has 0 spiro atoms. The van der Waals surface area contributed by atoms with E-state index in [4.69, 9.17) is 5.73 Å². The van der Waals surface area contributed by atoms with Crippen LogP contribution in [0.4, 0.5) is 4.39 Å². The standard InChI is InChI=1S/C16H19FN4O3.H2O/c1-16(2,18)15-20-11(12(22)14(24)21(15)3)13(23)19-8-9-4-6-10(17)7-5-9;/h4-7,22H,8,18H2,1-3H3,(H,19,23);1H2. The maximum absolute atomic E-state index is 12.9. The summed E-state index contributed by atoms with van der Waals surface area (Å²) in [5.41, 5.74) is 4.48. The second kappa shape index (κ2) is 7.41. The molecule has 1 aromatic carbocycles. The van der Waals surface area contributed by atoms with E-state index in [9.17, 15) is 19.1 Å². The third kappa shape index (κ3) is 4.40. The van der Waals surface area contributed by atoms with Crippen LogP contribution in [0.25, 0.3) is 0 Å². The number of carbonyl (C=O) groups is 1. The topological polar surface area (TPSA) is 142 Å². The number of rotatable bonds is 4. The molecular weight excluding hydrogens is 331 g/mol. The predicted octanol–water partition coefficient (Wildman–Crippen LogP) is -0.0759. The predicted molar refractivity (Wildman–Crippen MR) is 89.5 cm³/mol. The maximum atomic E-state index is 12.9. The van der Waals surface area contributed by atoms with Crippen molar-refractivity contribution in [1.82, 2.24) is 14.9 Å². The highest BCUT2D eigenvalue weighted by molar-refractivity contribution is 5.94.